The first-order valence-corrected chi connectivity index (χ1v) is 17.2. The van der Waals surface area contributed by atoms with Gasteiger partial charge < -0.3 is 29.5 Å². The number of anilines is 1. The van der Waals surface area contributed by atoms with Gasteiger partial charge in [-0.25, -0.2) is 0 Å². The molecule has 0 aliphatic carbocycles. The van der Waals surface area contributed by atoms with Gasteiger partial charge in [-0.1, -0.05) is 17.7 Å². The average molecular weight is 689 g/mol. The molecular formula is C32H40N4O11S. The van der Waals surface area contributed by atoms with Gasteiger partial charge in [-0.05, 0) is 43.7 Å². The largest absolute Gasteiger partial charge is 0.379 e. The monoisotopic (exact) mass is 688 g/mol. The summed E-state index contributed by atoms with van der Waals surface area (Å²) < 4.78 is 45.4. The van der Waals surface area contributed by atoms with Crippen LogP contribution in [-0.2, 0) is 42.9 Å². The molecule has 48 heavy (non-hydrogen) atoms. The third-order valence-corrected chi connectivity index (χ3v) is 9.52. The van der Waals surface area contributed by atoms with Gasteiger partial charge in [0.25, 0.3) is 16.0 Å². The van der Waals surface area contributed by atoms with Crippen molar-refractivity contribution in [3.05, 3.63) is 59.2 Å². The summed E-state index contributed by atoms with van der Waals surface area (Å²) in [6.07, 6.45) is -0.857. The molecule has 3 N–H and O–H groups in total. The Morgan fingerprint density at radius 1 is 0.938 bits per heavy atom. The van der Waals surface area contributed by atoms with E-state index in [4.69, 9.17) is 18.4 Å². The van der Waals surface area contributed by atoms with Crippen LogP contribution in [0.25, 0.3) is 0 Å². The normalized spacial score (nSPS) is 19.7. The molecule has 2 aromatic rings. The number of carbonyl (C=O) groups is 4. The van der Waals surface area contributed by atoms with Crippen molar-refractivity contribution in [2.45, 2.75) is 49.4 Å². The van der Waals surface area contributed by atoms with Crippen LogP contribution in [0.2, 0.25) is 0 Å². The van der Waals surface area contributed by atoms with Crippen molar-refractivity contribution in [2.24, 2.45) is 0 Å². The van der Waals surface area contributed by atoms with Crippen LogP contribution in [0.5, 0.6) is 0 Å². The van der Waals surface area contributed by atoms with Gasteiger partial charge in [-0.3, -0.25) is 33.6 Å². The van der Waals surface area contributed by atoms with Gasteiger partial charge in [0.2, 0.25) is 17.7 Å². The van der Waals surface area contributed by atoms with Gasteiger partial charge in [0, 0.05) is 42.7 Å². The highest BCUT2D eigenvalue weighted by Crippen LogP contribution is 2.38. The number of rotatable bonds is 17. The van der Waals surface area contributed by atoms with E-state index < -0.39 is 40.1 Å². The third-order valence-electron chi connectivity index (χ3n) is 8.19. The number of imide groups is 1. The minimum absolute atomic E-state index is 0.0614. The maximum Gasteiger partial charge on any atom is 0.297 e. The van der Waals surface area contributed by atoms with E-state index in [-0.39, 0.29) is 62.5 Å². The molecular weight excluding hydrogens is 648 g/mol. The number of fused-ring (bicyclic) bond motifs is 1. The van der Waals surface area contributed by atoms with Crippen LogP contribution in [0.4, 0.5) is 5.69 Å². The van der Waals surface area contributed by atoms with Gasteiger partial charge in [-0.2, -0.15) is 8.42 Å². The number of nitrogens with one attached hydrogen (secondary N) is 2. The Labute approximate surface area is 278 Å². The second-order valence-corrected chi connectivity index (χ2v) is 13.3. The Kier molecular flexibility index (Phi) is 11.8. The van der Waals surface area contributed by atoms with Gasteiger partial charge in [0.1, 0.15) is 6.04 Å². The molecule has 2 atom stereocenters. The molecule has 0 spiro atoms. The molecule has 2 unspecified atom stereocenters. The Hall–Kier alpha value is -3.93. The minimum Gasteiger partial charge on any atom is -0.379 e. The number of aryl methyl sites for hydroxylation is 1. The number of ether oxygens (including phenoxy) is 3. The lowest BCUT2D eigenvalue weighted by Gasteiger charge is -2.41. The number of piperidine rings is 1. The van der Waals surface area contributed by atoms with Crippen LogP contribution in [0.3, 0.4) is 0 Å². The highest BCUT2D eigenvalue weighted by Gasteiger charge is 2.44. The lowest BCUT2D eigenvalue weighted by Crippen LogP contribution is -2.59. The summed E-state index contributed by atoms with van der Waals surface area (Å²) in [7, 11) is -3.82. The van der Waals surface area contributed by atoms with E-state index in [0.29, 0.717) is 44.0 Å². The molecule has 3 aliphatic rings. The molecule has 260 valence electrons. The van der Waals surface area contributed by atoms with E-state index in [1.54, 1.807) is 30.3 Å². The number of amides is 4. The predicted molar refractivity (Wildman–Crippen MR) is 169 cm³/mol. The maximum atomic E-state index is 13.0. The van der Waals surface area contributed by atoms with Crippen LogP contribution in [0.15, 0.2) is 47.4 Å². The first-order chi connectivity index (χ1) is 23.0. The third kappa shape index (κ3) is 8.75. The first-order valence-electron chi connectivity index (χ1n) is 15.8. The van der Waals surface area contributed by atoms with Crippen LogP contribution in [0.1, 0.15) is 47.0 Å². The number of hydrogen-bond acceptors (Lipinski definition) is 12. The zero-order valence-electron chi connectivity index (χ0n) is 26.6. The maximum absolute atomic E-state index is 13.0. The number of benzene rings is 2. The van der Waals surface area contributed by atoms with Gasteiger partial charge in [0.05, 0.1) is 57.2 Å². The topological polar surface area (TPSA) is 190 Å². The fraction of sp³-hybridized carbons (Fsp3) is 0.500. The number of carbonyl (C=O) groups excluding carboxylic acids is 4. The van der Waals surface area contributed by atoms with E-state index in [1.165, 1.54) is 12.1 Å². The highest BCUT2D eigenvalue weighted by molar-refractivity contribution is 7.86. The molecule has 3 heterocycles. The highest BCUT2D eigenvalue weighted by atomic mass is 32.2. The number of aliphatic hydroxyl groups is 1. The fourth-order valence-electron chi connectivity index (χ4n) is 5.58. The second-order valence-electron chi connectivity index (χ2n) is 11.7. The molecule has 3 aliphatic heterocycles. The summed E-state index contributed by atoms with van der Waals surface area (Å²) in [5.74, 6) is -1.59. The van der Waals surface area contributed by atoms with Crippen molar-refractivity contribution in [3.8, 4) is 0 Å². The molecule has 2 saturated heterocycles. The summed E-state index contributed by atoms with van der Waals surface area (Å²) in [5.41, 5.74) is 2.45. The van der Waals surface area contributed by atoms with Crippen LogP contribution in [-0.4, -0.2) is 113 Å². The van der Waals surface area contributed by atoms with Crippen LogP contribution >= 0.6 is 0 Å². The zero-order valence-corrected chi connectivity index (χ0v) is 27.4. The average Bonchev–Trinajstić information content (AvgIpc) is 3.28. The summed E-state index contributed by atoms with van der Waals surface area (Å²) in [6.45, 7) is 4.37. The van der Waals surface area contributed by atoms with E-state index in [9.17, 15) is 32.7 Å². The molecule has 0 saturated carbocycles. The zero-order chi connectivity index (χ0) is 34.3. The standard InChI is InChI=1S/C32H40N4O11S/c1-21-2-5-24(6-3-21)48(42,43)47-17-16-46-15-14-45-13-12-44-11-10-29(38)33-22-19-35(20-22)23-4-7-25-26(18-23)32(41)36(31(25)40)27-8-9-28(37)34-30(27)39/h2-7,18,22,27,32,41H,8-17,19-20H2,1H3,(H,33,38)(H,34,37,39). The second kappa shape index (κ2) is 16.0. The van der Waals surface area contributed by atoms with E-state index in [2.05, 4.69) is 10.6 Å². The van der Waals surface area contributed by atoms with Crippen molar-refractivity contribution in [1.82, 2.24) is 15.5 Å². The fourth-order valence-corrected chi connectivity index (χ4v) is 6.47. The molecule has 2 aromatic carbocycles. The van der Waals surface area contributed by atoms with Crippen molar-refractivity contribution >= 4 is 39.4 Å². The summed E-state index contributed by atoms with van der Waals surface area (Å²) in [6, 6.07) is 10.5. The van der Waals surface area contributed by atoms with E-state index >= 15 is 0 Å². The smallest absolute Gasteiger partial charge is 0.297 e. The molecule has 0 aromatic heterocycles. The molecule has 0 radical (unpaired) electrons. The quantitative estimate of drug-likeness (QED) is 0.118. The van der Waals surface area contributed by atoms with E-state index in [0.717, 1.165) is 16.2 Å². The Balaban J connectivity index is 0.893. The predicted octanol–water partition coefficient (Wildman–Crippen LogP) is 0.397. The molecule has 0 bridgehead atoms. The molecule has 15 nitrogen and oxygen atoms in total. The summed E-state index contributed by atoms with van der Waals surface area (Å²) >= 11 is 0. The Morgan fingerprint density at radius 2 is 1.58 bits per heavy atom. The SMILES string of the molecule is Cc1ccc(S(=O)(=O)OCCOCCOCCOCCC(=O)NC2CN(c3ccc4c(c3)C(O)N(C3CCC(=O)NC3=O)C4=O)C2)cc1. The molecule has 16 heteroatoms. The number of aliphatic hydroxyl groups excluding tert-OH is 1. The van der Waals surface area contributed by atoms with Crippen molar-refractivity contribution in [1.29, 1.82) is 0 Å². The number of hydrogen-bond donors (Lipinski definition) is 3. The molecule has 4 amide bonds. The number of nitrogens with zero attached hydrogens (tertiary/aromatic N) is 2. The van der Waals surface area contributed by atoms with Crippen molar-refractivity contribution in [2.75, 3.05) is 64.2 Å². The first kappa shape index (κ1) is 35.4. The van der Waals surface area contributed by atoms with Gasteiger partial charge in [-0.15, -0.1) is 0 Å². The van der Waals surface area contributed by atoms with Crippen molar-refractivity contribution < 1.29 is 51.1 Å². The van der Waals surface area contributed by atoms with Crippen LogP contribution in [0, 0.1) is 6.92 Å². The van der Waals surface area contributed by atoms with Crippen molar-refractivity contribution in [3.63, 3.8) is 0 Å². The summed E-state index contributed by atoms with van der Waals surface area (Å²) in [5, 5.41) is 16.1. The Morgan fingerprint density at radius 3 is 2.25 bits per heavy atom. The van der Waals surface area contributed by atoms with E-state index in [1.807, 2.05) is 11.8 Å². The lowest BCUT2D eigenvalue weighted by molar-refractivity contribution is -0.139. The van der Waals surface area contributed by atoms with Gasteiger partial charge >= 0.3 is 0 Å². The minimum atomic E-state index is -3.82. The van der Waals surface area contributed by atoms with Gasteiger partial charge in [0.15, 0.2) is 6.23 Å². The van der Waals surface area contributed by atoms with Crippen LogP contribution < -0.4 is 15.5 Å². The Bertz CT molecular complexity index is 1600. The molecule has 2 fully saturated rings. The summed E-state index contributed by atoms with van der Waals surface area (Å²) in [4.78, 5) is 52.3. The molecule has 5 rings (SSSR count). The lowest BCUT2D eigenvalue weighted by atomic mass is 10.0.